The van der Waals surface area contributed by atoms with Gasteiger partial charge < -0.3 is 4.74 Å². The summed E-state index contributed by atoms with van der Waals surface area (Å²) in [6.45, 7) is 2.65. The summed E-state index contributed by atoms with van der Waals surface area (Å²) >= 11 is 1.35. The van der Waals surface area contributed by atoms with Crippen LogP contribution in [0.5, 0.6) is 5.75 Å². The van der Waals surface area contributed by atoms with Crippen LogP contribution >= 0.6 is 11.3 Å². The van der Waals surface area contributed by atoms with Crippen molar-refractivity contribution in [3.8, 4) is 5.75 Å². The molecule has 11 heteroatoms. The molecule has 0 radical (unpaired) electrons. The summed E-state index contributed by atoms with van der Waals surface area (Å²) in [6, 6.07) is 5.45. The van der Waals surface area contributed by atoms with E-state index in [4.69, 9.17) is 4.74 Å². The standard InChI is InChI=1S/C15H13N7O3S/c1-2-5-25-8-3-4-10-11(6-8)26-15-16-7-9(13(24)22(10)15)12(23)17-14-18-20-21-19-14/h3-4,6-7H,2,5H2,1H3,(H2,17,18,19,20,21,23). The number of thiazole rings is 1. The number of ether oxygens (including phenoxy) is 1. The first kappa shape index (κ1) is 16.1. The van der Waals surface area contributed by atoms with Crippen molar-refractivity contribution in [1.29, 1.82) is 0 Å². The summed E-state index contributed by atoms with van der Waals surface area (Å²) in [7, 11) is 0. The Balaban J connectivity index is 1.77. The molecule has 0 aliphatic carbocycles. The molecule has 0 saturated heterocycles. The smallest absolute Gasteiger partial charge is 0.271 e. The molecular weight excluding hydrogens is 358 g/mol. The number of rotatable bonds is 5. The van der Waals surface area contributed by atoms with Gasteiger partial charge in [-0.15, -0.1) is 0 Å². The van der Waals surface area contributed by atoms with Gasteiger partial charge in [-0.2, -0.15) is 0 Å². The zero-order valence-corrected chi connectivity index (χ0v) is 14.4. The number of hydrogen-bond acceptors (Lipinski definition) is 8. The minimum absolute atomic E-state index is 0.0485. The molecule has 0 aliphatic heterocycles. The number of tetrazole rings is 1. The average Bonchev–Trinajstić information content (AvgIpc) is 3.27. The van der Waals surface area contributed by atoms with Gasteiger partial charge in [0.15, 0.2) is 4.96 Å². The van der Waals surface area contributed by atoms with E-state index >= 15 is 0 Å². The Labute approximate surface area is 149 Å². The maximum Gasteiger partial charge on any atom is 0.271 e. The number of carbonyl (C=O) groups excluding carboxylic acids is 1. The quantitative estimate of drug-likeness (QED) is 0.544. The van der Waals surface area contributed by atoms with Crippen molar-refractivity contribution in [2.45, 2.75) is 13.3 Å². The van der Waals surface area contributed by atoms with Crippen LogP contribution in [0.15, 0.2) is 29.2 Å². The lowest BCUT2D eigenvalue weighted by atomic mass is 10.3. The van der Waals surface area contributed by atoms with Crippen molar-refractivity contribution in [2.24, 2.45) is 0 Å². The molecule has 3 aromatic heterocycles. The molecular formula is C15H13N7O3S. The molecule has 0 saturated carbocycles. The Morgan fingerprint density at radius 3 is 3.08 bits per heavy atom. The first-order valence-electron chi connectivity index (χ1n) is 7.79. The Kier molecular flexibility index (Phi) is 4.05. The molecule has 4 aromatic rings. The van der Waals surface area contributed by atoms with Gasteiger partial charge >= 0.3 is 0 Å². The molecule has 2 N–H and O–H groups in total. The Bertz CT molecular complexity index is 1150. The van der Waals surface area contributed by atoms with Crippen molar-refractivity contribution >= 4 is 38.4 Å². The van der Waals surface area contributed by atoms with Gasteiger partial charge in [0.05, 0.1) is 16.8 Å². The van der Waals surface area contributed by atoms with Crippen LogP contribution in [0, 0.1) is 0 Å². The molecule has 132 valence electrons. The van der Waals surface area contributed by atoms with Crippen LogP contribution in [0.1, 0.15) is 23.7 Å². The number of aromatic nitrogens is 6. The van der Waals surface area contributed by atoms with E-state index in [9.17, 15) is 9.59 Å². The molecule has 4 rings (SSSR count). The highest BCUT2D eigenvalue weighted by molar-refractivity contribution is 7.23. The molecule has 0 atom stereocenters. The van der Waals surface area contributed by atoms with E-state index in [0.29, 0.717) is 17.1 Å². The van der Waals surface area contributed by atoms with E-state index in [2.05, 4.69) is 30.9 Å². The Hall–Kier alpha value is -3.34. The van der Waals surface area contributed by atoms with E-state index < -0.39 is 11.5 Å². The van der Waals surface area contributed by atoms with E-state index in [1.54, 1.807) is 12.1 Å². The Morgan fingerprint density at radius 2 is 2.31 bits per heavy atom. The molecule has 0 unspecified atom stereocenters. The van der Waals surface area contributed by atoms with Gasteiger partial charge in [-0.3, -0.25) is 19.3 Å². The summed E-state index contributed by atoms with van der Waals surface area (Å²) < 4.78 is 7.88. The molecule has 10 nitrogen and oxygen atoms in total. The van der Waals surface area contributed by atoms with Gasteiger partial charge in [-0.1, -0.05) is 23.4 Å². The van der Waals surface area contributed by atoms with Gasteiger partial charge in [0.1, 0.15) is 11.3 Å². The first-order valence-corrected chi connectivity index (χ1v) is 8.61. The van der Waals surface area contributed by atoms with Gasteiger partial charge in [0.2, 0.25) is 5.95 Å². The van der Waals surface area contributed by atoms with E-state index in [-0.39, 0.29) is 11.5 Å². The van der Waals surface area contributed by atoms with Gasteiger partial charge in [-0.05, 0) is 35.0 Å². The van der Waals surface area contributed by atoms with Crippen LogP contribution < -0.4 is 15.6 Å². The normalized spacial score (nSPS) is 11.1. The van der Waals surface area contributed by atoms with Crippen LogP contribution in [0.3, 0.4) is 0 Å². The largest absolute Gasteiger partial charge is 0.494 e. The monoisotopic (exact) mass is 371 g/mol. The van der Waals surface area contributed by atoms with Gasteiger partial charge in [0.25, 0.3) is 11.5 Å². The number of H-pyrrole nitrogens is 1. The number of benzene rings is 1. The van der Waals surface area contributed by atoms with E-state index in [0.717, 1.165) is 16.9 Å². The SMILES string of the molecule is CCCOc1ccc2c(c1)sc1ncc(C(=O)Nc3nnn[nH]3)c(=O)n12. The fourth-order valence-corrected chi connectivity index (χ4v) is 3.45. The predicted octanol–water partition coefficient (Wildman–Crippen LogP) is 1.46. The van der Waals surface area contributed by atoms with Crippen molar-refractivity contribution in [3.63, 3.8) is 0 Å². The number of nitrogens with one attached hydrogen (secondary N) is 2. The average molecular weight is 371 g/mol. The molecule has 0 spiro atoms. The van der Waals surface area contributed by atoms with Crippen molar-refractivity contribution < 1.29 is 9.53 Å². The molecule has 1 amide bonds. The number of nitrogens with zero attached hydrogens (tertiary/aromatic N) is 5. The lowest BCUT2D eigenvalue weighted by Crippen LogP contribution is -2.26. The summed E-state index contributed by atoms with van der Waals surface area (Å²) in [6.07, 6.45) is 2.16. The number of amides is 1. The molecule has 1 aromatic carbocycles. The van der Waals surface area contributed by atoms with Crippen LogP contribution in [-0.2, 0) is 0 Å². The lowest BCUT2D eigenvalue weighted by Gasteiger charge is -2.04. The summed E-state index contributed by atoms with van der Waals surface area (Å²) in [4.78, 5) is 29.9. The fourth-order valence-electron chi connectivity index (χ4n) is 2.44. The number of aromatic amines is 1. The maximum absolute atomic E-state index is 12.8. The number of carbonyl (C=O) groups is 1. The lowest BCUT2D eigenvalue weighted by molar-refractivity contribution is 0.102. The number of hydrogen-bond donors (Lipinski definition) is 2. The third kappa shape index (κ3) is 2.77. The highest BCUT2D eigenvalue weighted by Crippen LogP contribution is 2.28. The molecule has 26 heavy (non-hydrogen) atoms. The van der Waals surface area contributed by atoms with Gasteiger partial charge in [-0.25, -0.2) is 10.1 Å². The van der Waals surface area contributed by atoms with Crippen LogP contribution in [0.2, 0.25) is 0 Å². The van der Waals surface area contributed by atoms with Crippen molar-refractivity contribution in [1.82, 2.24) is 30.0 Å². The van der Waals surface area contributed by atoms with Crippen LogP contribution in [-0.4, -0.2) is 42.5 Å². The molecule has 0 bridgehead atoms. The molecule has 0 fully saturated rings. The summed E-state index contributed by atoms with van der Waals surface area (Å²) in [5.41, 5.74) is 0.0979. The number of anilines is 1. The molecule has 3 heterocycles. The van der Waals surface area contributed by atoms with E-state index in [1.165, 1.54) is 21.9 Å². The van der Waals surface area contributed by atoms with Crippen molar-refractivity contribution in [2.75, 3.05) is 11.9 Å². The minimum Gasteiger partial charge on any atom is -0.494 e. The first-order chi connectivity index (χ1) is 12.7. The third-order valence-corrected chi connectivity index (χ3v) is 4.61. The van der Waals surface area contributed by atoms with Gasteiger partial charge in [0, 0.05) is 6.20 Å². The predicted molar refractivity (Wildman–Crippen MR) is 94.8 cm³/mol. The number of fused-ring (bicyclic) bond motifs is 3. The second-order valence-electron chi connectivity index (χ2n) is 5.38. The minimum atomic E-state index is -0.641. The highest BCUT2D eigenvalue weighted by atomic mass is 32.1. The van der Waals surface area contributed by atoms with Crippen LogP contribution in [0.4, 0.5) is 5.95 Å². The fraction of sp³-hybridized carbons (Fsp3) is 0.200. The zero-order valence-electron chi connectivity index (χ0n) is 13.6. The highest BCUT2D eigenvalue weighted by Gasteiger charge is 2.17. The second-order valence-corrected chi connectivity index (χ2v) is 6.39. The van der Waals surface area contributed by atoms with Crippen LogP contribution in [0.25, 0.3) is 15.2 Å². The second kappa shape index (κ2) is 6.52. The van der Waals surface area contributed by atoms with E-state index in [1.807, 2.05) is 13.0 Å². The topological polar surface area (TPSA) is 127 Å². The van der Waals surface area contributed by atoms with Crippen molar-refractivity contribution in [3.05, 3.63) is 40.3 Å². The summed E-state index contributed by atoms with van der Waals surface area (Å²) in [5.74, 6) is 0.139. The maximum atomic E-state index is 12.8. The Morgan fingerprint density at radius 1 is 1.42 bits per heavy atom. The summed E-state index contributed by atoms with van der Waals surface area (Å²) in [5, 5.41) is 15.1. The third-order valence-electron chi connectivity index (χ3n) is 3.60. The molecule has 0 aliphatic rings. The zero-order chi connectivity index (χ0) is 18.1.